The summed E-state index contributed by atoms with van der Waals surface area (Å²) in [4.78, 5) is 32.7. The normalized spacial score (nSPS) is 19.7. The molecule has 0 aromatic heterocycles. The fourth-order valence-electron chi connectivity index (χ4n) is 3.39. The maximum Gasteiger partial charge on any atom is 0.414 e. The molecule has 1 aromatic carbocycles. The van der Waals surface area contributed by atoms with Crippen molar-refractivity contribution in [2.45, 2.75) is 58.7 Å². The Balaban J connectivity index is 2.09. The molecule has 156 valence electrons. The number of benzene rings is 1. The Morgan fingerprint density at radius 2 is 2.00 bits per heavy atom. The number of carbonyl (C=O) groups excluding carboxylic acids is 2. The lowest BCUT2D eigenvalue weighted by Crippen LogP contribution is -2.51. The number of aliphatic imine (C=N–C) groups is 1. The van der Waals surface area contributed by atoms with Gasteiger partial charge >= 0.3 is 6.09 Å². The Morgan fingerprint density at radius 3 is 2.55 bits per heavy atom. The number of nitrogens with two attached hydrogens (primary N) is 1. The van der Waals surface area contributed by atoms with Crippen molar-refractivity contribution in [3.05, 3.63) is 28.9 Å². The molecule has 1 heterocycles. The van der Waals surface area contributed by atoms with Gasteiger partial charge < -0.3 is 15.4 Å². The van der Waals surface area contributed by atoms with Gasteiger partial charge in [-0.2, -0.15) is 0 Å². The van der Waals surface area contributed by atoms with Crippen LogP contribution < -0.4 is 15.5 Å². The van der Waals surface area contributed by atoms with Gasteiger partial charge in [0.05, 0.1) is 34.6 Å². The van der Waals surface area contributed by atoms with E-state index in [1.54, 1.807) is 42.0 Å². The minimum absolute atomic E-state index is 0.121. The zero-order valence-electron chi connectivity index (χ0n) is 17.2. The number of amides is 2. The number of hydrogen-bond donors (Lipinski definition) is 1. The van der Waals surface area contributed by atoms with E-state index < -0.39 is 6.09 Å². The van der Waals surface area contributed by atoms with E-state index in [4.69, 9.17) is 22.1 Å². The summed E-state index contributed by atoms with van der Waals surface area (Å²) in [5, 5.41) is 0.431. The molecule has 0 unspecified atom stereocenters. The van der Waals surface area contributed by atoms with Crippen molar-refractivity contribution in [1.82, 2.24) is 0 Å². The Labute approximate surface area is 176 Å². The second kappa shape index (κ2) is 8.45. The number of halogens is 1. The third kappa shape index (κ3) is 4.56. The molecule has 0 spiro atoms. The molecule has 29 heavy (non-hydrogen) atoms. The van der Waals surface area contributed by atoms with Gasteiger partial charge in [-0.05, 0) is 45.7 Å². The predicted molar refractivity (Wildman–Crippen MR) is 117 cm³/mol. The van der Waals surface area contributed by atoms with Crippen LogP contribution in [0.2, 0.25) is 5.02 Å². The van der Waals surface area contributed by atoms with Crippen LogP contribution in [0.15, 0.2) is 23.3 Å². The molecule has 1 aromatic rings. The molecule has 1 atom stereocenters. The standard InChI is InChI=1S/C21H27ClN4O3/c1-12(2)29-21(28)25-11-13(3)26(14(4)27)20-8-18(22)17(7-19(20)25)15(9-23)10-24-16-5-6-16/h7-10,12-13,16H,5-6,11,23H2,1-4H3/b15-9+,24-10?/t13-/m0/s1. The second-order valence-corrected chi connectivity index (χ2v) is 8.14. The molecule has 2 amide bonds. The van der Waals surface area contributed by atoms with Gasteiger partial charge in [0, 0.05) is 37.0 Å². The van der Waals surface area contributed by atoms with Crippen molar-refractivity contribution in [2.24, 2.45) is 10.7 Å². The monoisotopic (exact) mass is 418 g/mol. The summed E-state index contributed by atoms with van der Waals surface area (Å²) >= 11 is 6.56. The Bertz CT molecular complexity index is 877. The molecule has 1 fully saturated rings. The molecule has 0 radical (unpaired) electrons. The molecule has 1 saturated carbocycles. The number of carbonyl (C=O) groups is 2. The van der Waals surface area contributed by atoms with Gasteiger partial charge in [0.25, 0.3) is 0 Å². The molecule has 0 bridgehead atoms. The van der Waals surface area contributed by atoms with E-state index in [1.165, 1.54) is 13.1 Å². The Hall–Kier alpha value is -2.54. The van der Waals surface area contributed by atoms with Crippen LogP contribution in [0.5, 0.6) is 0 Å². The third-order valence-corrected chi connectivity index (χ3v) is 5.17. The van der Waals surface area contributed by atoms with Crippen LogP contribution in [-0.4, -0.2) is 42.9 Å². The minimum atomic E-state index is -0.463. The first kappa shape index (κ1) is 21.2. The van der Waals surface area contributed by atoms with E-state index in [1.807, 2.05) is 6.92 Å². The van der Waals surface area contributed by atoms with Crippen LogP contribution in [0, 0.1) is 0 Å². The van der Waals surface area contributed by atoms with Crippen LogP contribution >= 0.6 is 11.6 Å². The number of hydrogen-bond acceptors (Lipinski definition) is 5. The van der Waals surface area contributed by atoms with Crippen molar-refractivity contribution in [2.75, 3.05) is 16.3 Å². The average molecular weight is 419 g/mol. The van der Waals surface area contributed by atoms with E-state index in [0.29, 0.717) is 40.1 Å². The largest absolute Gasteiger partial charge is 0.446 e. The Morgan fingerprint density at radius 1 is 1.31 bits per heavy atom. The molecule has 3 rings (SSSR count). The third-order valence-electron chi connectivity index (χ3n) is 4.86. The van der Waals surface area contributed by atoms with Gasteiger partial charge in [0.2, 0.25) is 5.91 Å². The number of nitrogens with zero attached hydrogens (tertiary/aromatic N) is 3. The van der Waals surface area contributed by atoms with Crippen molar-refractivity contribution in [3.8, 4) is 0 Å². The van der Waals surface area contributed by atoms with Crippen LogP contribution in [0.3, 0.4) is 0 Å². The lowest BCUT2D eigenvalue weighted by molar-refractivity contribution is -0.117. The topological polar surface area (TPSA) is 88.2 Å². The number of ether oxygens (including phenoxy) is 1. The van der Waals surface area contributed by atoms with E-state index in [9.17, 15) is 9.59 Å². The predicted octanol–water partition coefficient (Wildman–Crippen LogP) is 3.98. The molecular formula is C21H27ClN4O3. The molecular weight excluding hydrogens is 392 g/mol. The van der Waals surface area contributed by atoms with Crippen molar-refractivity contribution in [1.29, 1.82) is 0 Å². The smallest absolute Gasteiger partial charge is 0.414 e. The zero-order valence-corrected chi connectivity index (χ0v) is 17.9. The van der Waals surface area contributed by atoms with E-state index in [0.717, 1.165) is 12.8 Å². The van der Waals surface area contributed by atoms with E-state index in [2.05, 4.69) is 4.99 Å². The highest BCUT2D eigenvalue weighted by atomic mass is 35.5. The summed E-state index contributed by atoms with van der Waals surface area (Å²) in [5.41, 5.74) is 8.27. The average Bonchev–Trinajstić information content (AvgIpc) is 3.45. The second-order valence-electron chi connectivity index (χ2n) is 7.73. The summed E-state index contributed by atoms with van der Waals surface area (Å²) in [5.74, 6) is -0.121. The summed E-state index contributed by atoms with van der Waals surface area (Å²) in [6.45, 7) is 7.29. The highest BCUT2D eigenvalue weighted by molar-refractivity contribution is 6.34. The summed E-state index contributed by atoms with van der Waals surface area (Å²) in [7, 11) is 0. The SMILES string of the molecule is CC(=O)N1c2cc(Cl)c(/C(C=NC3CC3)=C/N)cc2N(C(=O)OC(C)C)C[C@@H]1C. The number of rotatable bonds is 4. The molecule has 0 saturated heterocycles. The maximum atomic E-state index is 12.8. The van der Waals surface area contributed by atoms with Gasteiger partial charge in [-0.15, -0.1) is 0 Å². The molecule has 1 aliphatic carbocycles. The quantitative estimate of drug-likeness (QED) is 0.749. The molecule has 7 nitrogen and oxygen atoms in total. The molecule has 2 aliphatic rings. The summed E-state index contributed by atoms with van der Waals surface area (Å²) < 4.78 is 5.42. The van der Waals surface area contributed by atoms with Crippen molar-refractivity contribution < 1.29 is 14.3 Å². The minimum Gasteiger partial charge on any atom is -0.446 e. The molecule has 2 N–H and O–H groups in total. The van der Waals surface area contributed by atoms with Gasteiger partial charge in [-0.1, -0.05) is 11.6 Å². The van der Waals surface area contributed by atoms with Crippen LogP contribution in [0.1, 0.15) is 46.1 Å². The van der Waals surface area contributed by atoms with Crippen molar-refractivity contribution >= 4 is 46.8 Å². The number of allylic oxidation sites excluding steroid dienone is 1. The zero-order chi connectivity index (χ0) is 21.3. The lowest BCUT2D eigenvalue weighted by atomic mass is 10.0. The number of anilines is 2. The van der Waals surface area contributed by atoms with Crippen LogP contribution in [-0.2, 0) is 9.53 Å². The van der Waals surface area contributed by atoms with Crippen LogP contribution in [0.25, 0.3) is 5.57 Å². The van der Waals surface area contributed by atoms with Gasteiger partial charge in [0.1, 0.15) is 0 Å². The maximum absolute atomic E-state index is 12.8. The summed E-state index contributed by atoms with van der Waals surface area (Å²) in [6.07, 6.45) is 4.60. The molecule has 8 heteroatoms. The summed E-state index contributed by atoms with van der Waals surface area (Å²) in [6, 6.07) is 3.60. The first-order chi connectivity index (χ1) is 13.7. The first-order valence-corrected chi connectivity index (χ1v) is 10.2. The highest BCUT2D eigenvalue weighted by Gasteiger charge is 2.35. The van der Waals surface area contributed by atoms with Crippen LogP contribution in [0.4, 0.5) is 16.2 Å². The van der Waals surface area contributed by atoms with E-state index >= 15 is 0 Å². The lowest BCUT2D eigenvalue weighted by Gasteiger charge is -2.40. The number of fused-ring (bicyclic) bond motifs is 1. The fourth-order valence-corrected chi connectivity index (χ4v) is 3.66. The van der Waals surface area contributed by atoms with Crippen molar-refractivity contribution in [3.63, 3.8) is 0 Å². The highest BCUT2D eigenvalue weighted by Crippen LogP contribution is 2.41. The Kier molecular flexibility index (Phi) is 6.17. The molecule has 1 aliphatic heterocycles. The van der Waals surface area contributed by atoms with Gasteiger partial charge in [-0.25, -0.2) is 4.79 Å². The fraction of sp³-hybridized carbons (Fsp3) is 0.476. The van der Waals surface area contributed by atoms with Gasteiger partial charge in [0.15, 0.2) is 0 Å². The van der Waals surface area contributed by atoms with E-state index in [-0.39, 0.29) is 18.1 Å². The van der Waals surface area contributed by atoms with Gasteiger partial charge in [-0.3, -0.25) is 14.7 Å². The first-order valence-electron chi connectivity index (χ1n) is 9.79.